The topological polar surface area (TPSA) is 23.6 Å². The van der Waals surface area contributed by atoms with Gasteiger partial charge in [-0.05, 0) is 51.2 Å². The van der Waals surface area contributed by atoms with Gasteiger partial charge in [0.25, 0.3) is 0 Å². The number of para-hydroxylation sites is 1. The molecule has 2 heterocycles. The van der Waals surface area contributed by atoms with Crippen molar-refractivity contribution in [2.24, 2.45) is 5.92 Å². The third-order valence-corrected chi connectivity index (χ3v) is 5.05. The summed E-state index contributed by atoms with van der Waals surface area (Å²) in [4.78, 5) is 17.3. The van der Waals surface area contributed by atoms with E-state index in [4.69, 9.17) is 0 Å². The maximum Gasteiger partial charge on any atom is 0.226 e. The summed E-state index contributed by atoms with van der Waals surface area (Å²) in [5.74, 6) is 0.653. The first-order chi connectivity index (χ1) is 10.3. The van der Waals surface area contributed by atoms with Crippen LogP contribution in [0.4, 0.5) is 5.69 Å². The second-order valence-electron chi connectivity index (χ2n) is 6.47. The number of benzene rings is 1. The van der Waals surface area contributed by atoms with Crippen molar-refractivity contribution in [1.82, 2.24) is 4.90 Å². The molecule has 0 spiro atoms. The van der Waals surface area contributed by atoms with Crippen molar-refractivity contribution in [3.8, 4) is 0 Å². The number of carbonyl (C=O) groups excluding carboxylic acids is 1. The lowest BCUT2D eigenvalue weighted by Gasteiger charge is -2.39. The molecule has 0 aliphatic carbocycles. The minimum Gasteiger partial charge on any atom is -0.371 e. The summed E-state index contributed by atoms with van der Waals surface area (Å²) in [5.41, 5.74) is 1.29. The zero-order valence-electron chi connectivity index (χ0n) is 13.0. The van der Waals surface area contributed by atoms with Gasteiger partial charge in [-0.2, -0.15) is 0 Å². The molecule has 3 heteroatoms. The average Bonchev–Trinajstić information content (AvgIpc) is 2.56. The zero-order chi connectivity index (χ0) is 14.7. The van der Waals surface area contributed by atoms with Gasteiger partial charge in [0.2, 0.25) is 5.91 Å². The van der Waals surface area contributed by atoms with Gasteiger partial charge in [0.15, 0.2) is 0 Å². The Hall–Kier alpha value is -1.51. The van der Waals surface area contributed by atoms with E-state index in [0.29, 0.717) is 11.9 Å². The molecule has 1 aromatic carbocycles. The predicted octanol–water partition coefficient (Wildman–Crippen LogP) is 3.30. The molecule has 3 nitrogen and oxygen atoms in total. The third-order valence-electron chi connectivity index (χ3n) is 5.05. The number of hydrogen-bond donors (Lipinski definition) is 0. The molecule has 0 bridgehead atoms. The van der Waals surface area contributed by atoms with Crippen LogP contribution < -0.4 is 4.90 Å². The summed E-state index contributed by atoms with van der Waals surface area (Å²) in [5, 5.41) is 0. The summed E-state index contributed by atoms with van der Waals surface area (Å²) >= 11 is 0. The molecule has 0 aromatic heterocycles. The van der Waals surface area contributed by atoms with Crippen molar-refractivity contribution in [2.45, 2.75) is 45.1 Å². The number of nitrogens with zero attached hydrogens (tertiary/aromatic N) is 2. The predicted molar refractivity (Wildman–Crippen MR) is 86.4 cm³/mol. The van der Waals surface area contributed by atoms with Crippen LogP contribution >= 0.6 is 0 Å². The summed E-state index contributed by atoms with van der Waals surface area (Å²) in [7, 11) is 0. The smallest absolute Gasteiger partial charge is 0.226 e. The lowest BCUT2D eigenvalue weighted by atomic mass is 9.92. The zero-order valence-corrected chi connectivity index (χ0v) is 13.0. The summed E-state index contributed by atoms with van der Waals surface area (Å²) in [6.07, 6.45) is 5.62. The van der Waals surface area contributed by atoms with E-state index in [0.717, 1.165) is 32.5 Å². The van der Waals surface area contributed by atoms with Crippen LogP contribution in [0, 0.1) is 5.92 Å². The molecule has 0 N–H and O–H groups in total. The number of rotatable bonds is 2. The van der Waals surface area contributed by atoms with Crippen LogP contribution in [0.5, 0.6) is 0 Å². The lowest BCUT2D eigenvalue weighted by Crippen LogP contribution is -2.47. The molecule has 1 aromatic rings. The largest absolute Gasteiger partial charge is 0.371 e. The van der Waals surface area contributed by atoms with Crippen LogP contribution in [0.3, 0.4) is 0 Å². The number of anilines is 1. The Kier molecular flexibility index (Phi) is 4.47. The molecular formula is C18H26N2O. The molecule has 0 saturated carbocycles. The van der Waals surface area contributed by atoms with Crippen molar-refractivity contribution in [3.63, 3.8) is 0 Å². The Balaban J connectivity index is 1.57. The van der Waals surface area contributed by atoms with Gasteiger partial charge in [0, 0.05) is 37.3 Å². The van der Waals surface area contributed by atoms with Gasteiger partial charge in [-0.3, -0.25) is 4.79 Å². The molecule has 2 aliphatic heterocycles. The Labute approximate surface area is 127 Å². The van der Waals surface area contributed by atoms with Gasteiger partial charge in [-0.25, -0.2) is 0 Å². The molecule has 2 aliphatic rings. The molecule has 114 valence electrons. The summed E-state index contributed by atoms with van der Waals surface area (Å²) in [6, 6.07) is 11.0. The van der Waals surface area contributed by atoms with Crippen LogP contribution in [0.2, 0.25) is 0 Å². The highest BCUT2D eigenvalue weighted by Crippen LogP contribution is 2.27. The molecule has 1 unspecified atom stereocenters. The summed E-state index contributed by atoms with van der Waals surface area (Å²) in [6.45, 7) is 5.18. The molecule has 0 radical (unpaired) electrons. The Morgan fingerprint density at radius 2 is 1.71 bits per heavy atom. The quantitative estimate of drug-likeness (QED) is 0.833. The SMILES string of the molecule is CC1CCCCN1C(=O)C1CCN(c2ccccc2)CC1. The molecule has 2 fully saturated rings. The van der Waals surface area contributed by atoms with E-state index in [1.54, 1.807) is 0 Å². The van der Waals surface area contributed by atoms with E-state index in [1.165, 1.54) is 24.9 Å². The van der Waals surface area contributed by atoms with Crippen molar-refractivity contribution < 1.29 is 4.79 Å². The van der Waals surface area contributed by atoms with E-state index in [2.05, 4.69) is 47.1 Å². The van der Waals surface area contributed by atoms with E-state index >= 15 is 0 Å². The number of amides is 1. The molecule has 1 atom stereocenters. The van der Waals surface area contributed by atoms with Gasteiger partial charge in [0.05, 0.1) is 0 Å². The molecule has 2 saturated heterocycles. The van der Waals surface area contributed by atoms with Gasteiger partial charge >= 0.3 is 0 Å². The summed E-state index contributed by atoms with van der Waals surface area (Å²) < 4.78 is 0. The van der Waals surface area contributed by atoms with E-state index in [1.807, 2.05) is 0 Å². The van der Waals surface area contributed by atoms with E-state index in [9.17, 15) is 4.79 Å². The number of hydrogen-bond acceptors (Lipinski definition) is 2. The number of likely N-dealkylation sites (tertiary alicyclic amines) is 1. The minimum atomic E-state index is 0.241. The van der Waals surface area contributed by atoms with Crippen molar-refractivity contribution in [3.05, 3.63) is 30.3 Å². The molecule has 3 rings (SSSR count). The van der Waals surface area contributed by atoms with Crippen LogP contribution in [0.25, 0.3) is 0 Å². The first-order valence-electron chi connectivity index (χ1n) is 8.36. The highest BCUT2D eigenvalue weighted by atomic mass is 16.2. The van der Waals surface area contributed by atoms with Gasteiger partial charge < -0.3 is 9.80 Å². The van der Waals surface area contributed by atoms with Crippen molar-refractivity contribution >= 4 is 11.6 Å². The second-order valence-corrected chi connectivity index (χ2v) is 6.47. The van der Waals surface area contributed by atoms with Crippen LogP contribution in [0.1, 0.15) is 39.0 Å². The van der Waals surface area contributed by atoms with Gasteiger partial charge in [-0.1, -0.05) is 18.2 Å². The number of carbonyl (C=O) groups is 1. The highest BCUT2D eigenvalue weighted by Gasteiger charge is 2.31. The fourth-order valence-electron chi connectivity index (χ4n) is 3.68. The lowest BCUT2D eigenvalue weighted by molar-refractivity contribution is -0.139. The third kappa shape index (κ3) is 3.22. The maximum atomic E-state index is 12.7. The van der Waals surface area contributed by atoms with E-state index < -0.39 is 0 Å². The number of piperidine rings is 2. The first kappa shape index (κ1) is 14.4. The van der Waals surface area contributed by atoms with Crippen LogP contribution in [0.15, 0.2) is 30.3 Å². The second kappa shape index (κ2) is 6.50. The van der Waals surface area contributed by atoms with Gasteiger partial charge in [0.1, 0.15) is 0 Å². The standard InChI is InChI=1S/C18H26N2O/c1-15-7-5-6-12-20(15)18(21)16-10-13-19(14-11-16)17-8-3-2-4-9-17/h2-4,8-9,15-16H,5-7,10-14H2,1H3. The van der Waals surface area contributed by atoms with Crippen molar-refractivity contribution in [1.29, 1.82) is 0 Å². The normalized spacial score (nSPS) is 24.1. The van der Waals surface area contributed by atoms with E-state index in [-0.39, 0.29) is 5.92 Å². The first-order valence-corrected chi connectivity index (χ1v) is 8.36. The highest BCUT2D eigenvalue weighted by molar-refractivity contribution is 5.79. The maximum absolute atomic E-state index is 12.7. The average molecular weight is 286 g/mol. The Morgan fingerprint density at radius 3 is 2.38 bits per heavy atom. The Bertz CT molecular complexity index is 465. The molecule has 1 amide bonds. The molecular weight excluding hydrogens is 260 g/mol. The van der Waals surface area contributed by atoms with Gasteiger partial charge in [-0.15, -0.1) is 0 Å². The van der Waals surface area contributed by atoms with Crippen LogP contribution in [-0.2, 0) is 4.79 Å². The fraction of sp³-hybridized carbons (Fsp3) is 0.611. The monoisotopic (exact) mass is 286 g/mol. The fourth-order valence-corrected chi connectivity index (χ4v) is 3.68. The van der Waals surface area contributed by atoms with Crippen LogP contribution in [-0.4, -0.2) is 36.5 Å². The Morgan fingerprint density at radius 1 is 1.00 bits per heavy atom. The molecule has 21 heavy (non-hydrogen) atoms. The minimum absolute atomic E-state index is 0.241. The van der Waals surface area contributed by atoms with Crippen molar-refractivity contribution in [2.75, 3.05) is 24.5 Å².